The molecule has 2 unspecified atom stereocenters. The number of benzene rings is 2. The van der Waals surface area contributed by atoms with Crippen LogP contribution in [-0.4, -0.2) is 77.1 Å². The number of fused-ring (bicyclic) bond motifs is 6. The minimum absolute atomic E-state index is 0.0434. The smallest absolute Gasteiger partial charge is 0.496 e. The Bertz CT molecular complexity index is 1620. The molecule has 13 nitrogen and oxygen atoms in total. The van der Waals surface area contributed by atoms with Gasteiger partial charge >= 0.3 is 6.16 Å². The first-order valence-corrected chi connectivity index (χ1v) is 15.0. The molecule has 0 radical (unpaired) electrons. The number of aryl methyl sites for hydroxylation is 1. The van der Waals surface area contributed by atoms with Crippen LogP contribution in [0, 0.1) is 6.92 Å². The second-order valence-corrected chi connectivity index (χ2v) is 12.6. The molecule has 0 spiro atoms. The van der Waals surface area contributed by atoms with E-state index in [2.05, 4.69) is 26.0 Å². The number of hydrogen-bond acceptors (Lipinski definition) is 10. The molecule has 2 aromatic rings. The fourth-order valence-corrected chi connectivity index (χ4v) is 8.27. The molecule has 2 fully saturated rings. The number of methoxy groups -OCH3 is 2. The van der Waals surface area contributed by atoms with Gasteiger partial charge in [0.2, 0.25) is 5.79 Å². The summed E-state index contributed by atoms with van der Waals surface area (Å²) in [6.07, 6.45) is -1.59. The van der Waals surface area contributed by atoms with Gasteiger partial charge < -0.3 is 38.6 Å². The van der Waals surface area contributed by atoms with Crippen LogP contribution in [0.15, 0.2) is 11.2 Å². The zero-order valence-electron chi connectivity index (χ0n) is 24.4. The lowest BCUT2D eigenvalue weighted by Gasteiger charge is -2.53. The van der Waals surface area contributed by atoms with Crippen LogP contribution >= 0.6 is 15.9 Å². The Kier molecular flexibility index (Phi) is 6.92. The van der Waals surface area contributed by atoms with E-state index < -0.39 is 41.1 Å². The Morgan fingerprint density at radius 1 is 1.30 bits per heavy atom. The van der Waals surface area contributed by atoms with Gasteiger partial charge in [-0.15, -0.1) is 0 Å². The summed E-state index contributed by atoms with van der Waals surface area (Å²) in [5, 5.41) is 26.4. The third-order valence-electron chi connectivity index (χ3n) is 9.10. The maximum Gasteiger partial charge on any atom is 0.506 e. The molecule has 2 saturated heterocycles. The molecule has 3 heterocycles. The molecule has 0 saturated carbocycles. The minimum Gasteiger partial charge on any atom is -0.496 e. The van der Waals surface area contributed by atoms with Gasteiger partial charge in [-0.05, 0) is 56.3 Å². The maximum atomic E-state index is 13.6. The third kappa shape index (κ3) is 3.87. The summed E-state index contributed by atoms with van der Waals surface area (Å²) in [6.45, 7) is 4.81. The molecule has 43 heavy (non-hydrogen) atoms. The number of rotatable bonds is 8. The van der Waals surface area contributed by atoms with Crippen molar-refractivity contribution in [3.8, 4) is 11.5 Å². The van der Waals surface area contributed by atoms with Crippen LogP contribution in [0.1, 0.15) is 65.4 Å². The van der Waals surface area contributed by atoms with E-state index in [1.54, 1.807) is 21.0 Å². The van der Waals surface area contributed by atoms with Gasteiger partial charge in [-0.1, -0.05) is 21.0 Å². The minimum atomic E-state index is -1.99. The summed E-state index contributed by atoms with van der Waals surface area (Å²) >= 11 is 3.38. The second kappa shape index (κ2) is 9.94. The largest absolute Gasteiger partial charge is 0.506 e. The van der Waals surface area contributed by atoms with E-state index in [1.165, 1.54) is 7.11 Å². The zero-order chi connectivity index (χ0) is 31.1. The number of halogens is 1. The van der Waals surface area contributed by atoms with Crippen LogP contribution in [0.25, 0.3) is 21.2 Å². The Hall–Kier alpha value is -3.13. The Morgan fingerprint density at radius 2 is 2.05 bits per heavy atom. The van der Waals surface area contributed by atoms with Crippen molar-refractivity contribution in [3.05, 3.63) is 44.3 Å². The summed E-state index contributed by atoms with van der Waals surface area (Å²) in [4.78, 5) is 28.1. The molecule has 2 N–H and O–H groups in total. The fraction of sp³-hybridized carbons (Fsp3) is 0.586. The van der Waals surface area contributed by atoms with Crippen molar-refractivity contribution in [2.45, 2.75) is 81.4 Å². The average Bonchev–Trinajstić information content (AvgIpc) is 3.44. The molecule has 2 bridgehead atoms. The van der Waals surface area contributed by atoms with Gasteiger partial charge in [0.15, 0.2) is 17.5 Å². The predicted octanol–water partition coefficient (Wildman–Crippen LogP) is 5.03. The van der Waals surface area contributed by atoms with Gasteiger partial charge in [-0.2, -0.15) is 0 Å². The molecule has 230 valence electrons. The van der Waals surface area contributed by atoms with Crippen LogP contribution in [0.2, 0.25) is 0 Å². The van der Waals surface area contributed by atoms with Crippen LogP contribution in [-0.2, 0) is 31.8 Å². The zero-order valence-corrected chi connectivity index (χ0v) is 25.9. The maximum absolute atomic E-state index is 13.6. The Morgan fingerprint density at radius 3 is 2.67 bits per heavy atom. The third-order valence-corrected chi connectivity index (χ3v) is 9.91. The Balaban J connectivity index is 1.71. The van der Waals surface area contributed by atoms with Crippen LogP contribution < -0.4 is 9.47 Å². The van der Waals surface area contributed by atoms with Gasteiger partial charge in [0, 0.05) is 57.7 Å². The van der Waals surface area contributed by atoms with Crippen molar-refractivity contribution in [2.75, 3.05) is 26.1 Å². The molecule has 14 heteroatoms. The summed E-state index contributed by atoms with van der Waals surface area (Å²) < 4.78 is 36.7. The van der Waals surface area contributed by atoms with E-state index in [0.717, 1.165) is 11.1 Å². The van der Waals surface area contributed by atoms with Crippen molar-refractivity contribution in [1.82, 2.24) is 0 Å². The van der Waals surface area contributed by atoms with Crippen molar-refractivity contribution in [3.63, 3.8) is 0 Å². The lowest BCUT2D eigenvalue weighted by atomic mass is 9.75. The van der Waals surface area contributed by atoms with Gasteiger partial charge in [0.1, 0.15) is 23.2 Å². The molecule has 2 aromatic carbocycles. The van der Waals surface area contributed by atoms with Gasteiger partial charge in [0.25, 0.3) is 5.79 Å². The summed E-state index contributed by atoms with van der Waals surface area (Å²) in [5.41, 5.74) is 8.99. The summed E-state index contributed by atoms with van der Waals surface area (Å²) in [6, 6.07) is 1.93. The highest BCUT2D eigenvalue weighted by Gasteiger charge is 2.84. The number of Topliss-reactive ketones (excluding diaryl/α,β-unsaturated/α-hetero) is 1. The van der Waals surface area contributed by atoms with E-state index in [1.807, 2.05) is 13.0 Å². The normalized spacial score (nSPS) is 30.3. The molecule has 0 amide bonds. The summed E-state index contributed by atoms with van der Waals surface area (Å²) in [5.74, 6) is -2.89. The average molecular weight is 662 g/mol. The number of azide groups is 1. The van der Waals surface area contributed by atoms with Crippen molar-refractivity contribution in [1.29, 1.82) is 0 Å². The number of ether oxygens (including phenoxy) is 6. The highest BCUT2D eigenvalue weighted by molar-refractivity contribution is 9.09. The number of nitrogens with zero attached hydrogens (tertiary/aromatic N) is 3. The van der Waals surface area contributed by atoms with E-state index in [-0.39, 0.29) is 24.1 Å². The molecular weight excluding hydrogens is 630 g/mol. The monoisotopic (exact) mass is 661 g/mol. The first kappa shape index (κ1) is 29.9. The second-order valence-electron chi connectivity index (χ2n) is 12.0. The topological polar surface area (TPSA) is 179 Å². The van der Waals surface area contributed by atoms with E-state index in [4.69, 9.17) is 34.0 Å². The highest BCUT2D eigenvalue weighted by atomic mass is 79.9. The lowest BCUT2D eigenvalue weighted by Crippen LogP contribution is -2.74. The molecule has 6 rings (SSSR count). The number of aliphatic hydroxyl groups is 1. The highest BCUT2D eigenvalue weighted by Crippen LogP contribution is 2.66. The van der Waals surface area contributed by atoms with Crippen LogP contribution in [0.4, 0.5) is 4.79 Å². The van der Waals surface area contributed by atoms with Crippen LogP contribution in [0.3, 0.4) is 0 Å². The molecule has 0 aromatic heterocycles. The van der Waals surface area contributed by atoms with Gasteiger partial charge in [0.05, 0.1) is 13.7 Å². The number of carbonyl (C=O) groups is 2. The number of hydrogen-bond donors (Lipinski definition) is 2. The first-order valence-electron chi connectivity index (χ1n) is 13.9. The number of carboxylic acid groups (broad SMARTS) is 1. The molecule has 5 atom stereocenters. The summed E-state index contributed by atoms with van der Waals surface area (Å²) in [7, 11) is 2.93. The number of ketones is 1. The molecule has 3 aliphatic heterocycles. The van der Waals surface area contributed by atoms with Crippen molar-refractivity contribution >= 4 is 38.6 Å². The van der Waals surface area contributed by atoms with Crippen LogP contribution in [0.5, 0.6) is 11.5 Å². The quantitative estimate of drug-likeness (QED) is 0.128. The van der Waals surface area contributed by atoms with Gasteiger partial charge in [-0.25, -0.2) is 4.79 Å². The fourth-order valence-electron chi connectivity index (χ4n) is 7.45. The van der Waals surface area contributed by atoms with Crippen molar-refractivity contribution in [2.24, 2.45) is 5.11 Å². The first-order chi connectivity index (χ1) is 20.3. The molecular formula is C29H32BrN3O10. The molecule has 4 aliphatic rings. The number of alkyl halides is 1. The predicted molar refractivity (Wildman–Crippen MR) is 154 cm³/mol. The standard InChI is InChI=1S/C29H32BrN3O10/c1-13-9-15-20(16(10-26(2,3)43-25(35)36)19-14(21(15)38-4)7-6-8-17(19)34)22-18(13)23-24-29(39-5,41-22)27(37,11-30)28(40-23,42-24)12-32-33-31/h9,23-24,37H,6-8,10-12H2,1-5H3,(H,35,36)/t23?,24-,27+,28+,29?/m0/s1. The van der Waals surface area contributed by atoms with E-state index in [0.29, 0.717) is 58.2 Å². The number of carbonyl (C=O) groups excluding carboxylic acids is 1. The molecule has 1 aliphatic carbocycles. The lowest BCUT2D eigenvalue weighted by molar-refractivity contribution is -0.342. The van der Waals surface area contributed by atoms with E-state index >= 15 is 0 Å². The van der Waals surface area contributed by atoms with Crippen molar-refractivity contribution < 1.29 is 48.2 Å². The van der Waals surface area contributed by atoms with Gasteiger partial charge in [-0.3, -0.25) is 4.79 Å². The Labute approximate surface area is 255 Å². The SMILES string of the molecule is COc1c2c(c(CC(C)(C)OC(=O)O)c3c4c(c(C)cc13)C1O[C@]3(CN=[N+]=[N-])O[C@@H]1C(OC)(O4)[C@@]3(O)CBr)C(=O)CCC2. The van der Waals surface area contributed by atoms with E-state index in [9.17, 15) is 19.8 Å².